The van der Waals surface area contributed by atoms with Crippen molar-refractivity contribution in [2.45, 2.75) is 19.2 Å². The molecule has 2 aromatic rings. The molecule has 1 amide bonds. The molecule has 25 heavy (non-hydrogen) atoms. The standard InChI is InChI=1S/C16H12ClF3N2O3/c1-9(25-15(24)10-3-2-6-21-8-10)14(23)22-13-7-11(16(18,19)20)4-5-12(13)17/h2-9H,1H3,(H,22,23)/t9-/m0/s1. The highest BCUT2D eigenvalue weighted by molar-refractivity contribution is 6.33. The number of esters is 1. The van der Waals surface area contributed by atoms with E-state index in [2.05, 4.69) is 10.3 Å². The van der Waals surface area contributed by atoms with Crippen LogP contribution in [0.25, 0.3) is 0 Å². The summed E-state index contributed by atoms with van der Waals surface area (Å²) in [5, 5.41) is 2.14. The van der Waals surface area contributed by atoms with Crippen LogP contribution in [0.1, 0.15) is 22.8 Å². The second-order valence-corrected chi connectivity index (χ2v) is 5.38. The van der Waals surface area contributed by atoms with Crippen LogP contribution in [-0.2, 0) is 15.7 Å². The summed E-state index contributed by atoms with van der Waals surface area (Å²) < 4.78 is 43.1. The molecule has 1 aromatic carbocycles. The fourth-order valence-corrected chi connectivity index (χ4v) is 1.96. The van der Waals surface area contributed by atoms with Crippen molar-refractivity contribution >= 4 is 29.2 Å². The molecule has 0 saturated heterocycles. The third kappa shape index (κ3) is 4.93. The van der Waals surface area contributed by atoms with E-state index >= 15 is 0 Å². The highest BCUT2D eigenvalue weighted by Crippen LogP contribution is 2.33. The van der Waals surface area contributed by atoms with Crippen molar-refractivity contribution in [3.63, 3.8) is 0 Å². The number of rotatable bonds is 4. The Hall–Kier alpha value is -2.61. The van der Waals surface area contributed by atoms with E-state index in [9.17, 15) is 22.8 Å². The number of aromatic nitrogens is 1. The Morgan fingerprint density at radius 1 is 1.28 bits per heavy atom. The molecule has 2 rings (SSSR count). The Kier molecular flexibility index (Phi) is 5.63. The van der Waals surface area contributed by atoms with Crippen molar-refractivity contribution in [3.8, 4) is 0 Å². The van der Waals surface area contributed by atoms with Crippen LogP contribution in [0.15, 0.2) is 42.7 Å². The molecule has 132 valence electrons. The minimum atomic E-state index is -4.58. The van der Waals surface area contributed by atoms with Gasteiger partial charge in [-0.25, -0.2) is 4.79 Å². The van der Waals surface area contributed by atoms with E-state index in [0.29, 0.717) is 6.07 Å². The van der Waals surface area contributed by atoms with Gasteiger partial charge in [-0.1, -0.05) is 11.6 Å². The maximum atomic E-state index is 12.7. The fourth-order valence-electron chi connectivity index (χ4n) is 1.80. The lowest BCUT2D eigenvalue weighted by atomic mass is 10.2. The van der Waals surface area contributed by atoms with Gasteiger partial charge in [0.05, 0.1) is 21.8 Å². The molecule has 0 fully saturated rings. The Morgan fingerprint density at radius 2 is 2.00 bits per heavy atom. The smallest absolute Gasteiger partial charge is 0.416 e. The number of pyridine rings is 1. The van der Waals surface area contributed by atoms with E-state index in [1.54, 1.807) is 0 Å². The van der Waals surface area contributed by atoms with Crippen LogP contribution >= 0.6 is 11.6 Å². The first-order chi connectivity index (χ1) is 11.7. The van der Waals surface area contributed by atoms with Crippen LogP contribution in [0.5, 0.6) is 0 Å². The Bertz CT molecular complexity index is 782. The number of anilines is 1. The quantitative estimate of drug-likeness (QED) is 0.825. The molecule has 0 aliphatic heterocycles. The van der Waals surface area contributed by atoms with Gasteiger partial charge >= 0.3 is 12.1 Å². The first kappa shape index (κ1) is 18.7. The van der Waals surface area contributed by atoms with Crippen molar-refractivity contribution in [3.05, 3.63) is 58.9 Å². The molecule has 1 heterocycles. The lowest BCUT2D eigenvalue weighted by Gasteiger charge is -2.15. The van der Waals surface area contributed by atoms with E-state index in [1.807, 2.05) is 0 Å². The molecular weight excluding hydrogens is 361 g/mol. The molecule has 0 aliphatic rings. The van der Waals surface area contributed by atoms with Gasteiger partial charge in [-0.05, 0) is 37.3 Å². The van der Waals surface area contributed by atoms with Crippen LogP contribution < -0.4 is 5.32 Å². The van der Waals surface area contributed by atoms with Gasteiger partial charge in [0.2, 0.25) is 0 Å². The molecule has 9 heteroatoms. The van der Waals surface area contributed by atoms with Gasteiger partial charge in [-0.3, -0.25) is 9.78 Å². The normalized spacial score (nSPS) is 12.4. The molecule has 5 nitrogen and oxygen atoms in total. The van der Waals surface area contributed by atoms with Crippen molar-refractivity contribution < 1.29 is 27.5 Å². The number of nitrogens with zero attached hydrogens (tertiary/aromatic N) is 1. The van der Waals surface area contributed by atoms with Crippen LogP contribution in [-0.4, -0.2) is 23.0 Å². The first-order valence-corrected chi connectivity index (χ1v) is 7.35. The minimum Gasteiger partial charge on any atom is -0.449 e. The monoisotopic (exact) mass is 372 g/mol. The molecule has 1 N–H and O–H groups in total. The number of carbonyl (C=O) groups is 2. The summed E-state index contributed by atoms with van der Waals surface area (Å²) in [4.78, 5) is 27.6. The van der Waals surface area contributed by atoms with Gasteiger partial charge in [-0.15, -0.1) is 0 Å². The van der Waals surface area contributed by atoms with Crippen molar-refractivity contribution in [1.29, 1.82) is 0 Å². The third-order valence-corrected chi connectivity index (χ3v) is 3.43. The van der Waals surface area contributed by atoms with E-state index in [1.165, 1.54) is 31.5 Å². The number of amides is 1. The largest absolute Gasteiger partial charge is 0.449 e. The Balaban J connectivity index is 2.07. The summed E-state index contributed by atoms with van der Waals surface area (Å²) in [5.74, 6) is -1.61. The lowest BCUT2D eigenvalue weighted by Crippen LogP contribution is -2.30. The Morgan fingerprint density at radius 3 is 2.60 bits per heavy atom. The summed E-state index contributed by atoms with van der Waals surface area (Å²) in [6.07, 6.45) is -3.11. The van der Waals surface area contributed by atoms with Crippen LogP contribution in [0.4, 0.5) is 18.9 Å². The van der Waals surface area contributed by atoms with Crippen LogP contribution in [0, 0.1) is 0 Å². The minimum absolute atomic E-state index is 0.0767. The molecule has 0 saturated carbocycles. The van der Waals surface area contributed by atoms with Crippen molar-refractivity contribution in [2.24, 2.45) is 0 Å². The zero-order chi connectivity index (χ0) is 18.6. The number of hydrogen-bond acceptors (Lipinski definition) is 4. The molecule has 0 spiro atoms. The second-order valence-electron chi connectivity index (χ2n) is 4.97. The van der Waals surface area contributed by atoms with E-state index in [4.69, 9.17) is 16.3 Å². The maximum absolute atomic E-state index is 12.7. The SMILES string of the molecule is C[C@H](OC(=O)c1cccnc1)C(=O)Nc1cc(C(F)(F)F)ccc1Cl. The van der Waals surface area contributed by atoms with Crippen molar-refractivity contribution in [2.75, 3.05) is 5.32 Å². The molecule has 0 unspecified atom stereocenters. The molecule has 0 bridgehead atoms. The summed E-state index contributed by atoms with van der Waals surface area (Å²) in [6, 6.07) is 5.49. The molecule has 0 radical (unpaired) electrons. The fraction of sp³-hybridized carbons (Fsp3) is 0.188. The van der Waals surface area contributed by atoms with Gasteiger partial charge < -0.3 is 10.1 Å². The van der Waals surface area contributed by atoms with Gasteiger partial charge in [0, 0.05) is 12.4 Å². The number of carbonyl (C=O) groups excluding carboxylic acids is 2. The topological polar surface area (TPSA) is 68.3 Å². The van der Waals surface area contributed by atoms with E-state index < -0.39 is 29.7 Å². The predicted octanol–water partition coefficient (Wildman–Crippen LogP) is 3.94. The van der Waals surface area contributed by atoms with Gasteiger partial charge in [-0.2, -0.15) is 13.2 Å². The maximum Gasteiger partial charge on any atom is 0.416 e. The number of halogens is 4. The average molecular weight is 373 g/mol. The first-order valence-electron chi connectivity index (χ1n) is 6.97. The zero-order valence-corrected chi connectivity index (χ0v) is 13.6. The predicted molar refractivity (Wildman–Crippen MR) is 84.2 cm³/mol. The number of benzene rings is 1. The van der Waals surface area contributed by atoms with Crippen LogP contribution in [0.2, 0.25) is 5.02 Å². The third-order valence-electron chi connectivity index (χ3n) is 3.10. The molecule has 0 aliphatic carbocycles. The number of ether oxygens (including phenoxy) is 1. The van der Waals surface area contributed by atoms with E-state index in [0.717, 1.165) is 12.1 Å². The highest BCUT2D eigenvalue weighted by Gasteiger charge is 2.31. The zero-order valence-electron chi connectivity index (χ0n) is 12.8. The molecular formula is C16H12ClF3N2O3. The summed E-state index contributed by atoms with van der Waals surface area (Å²) >= 11 is 5.80. The van der Waals surface area contributed by atoms with Crippen molar-refractivity contribution in [1.82, 2.24) is 4.98 Å². The number of nitrogens with one attached hydrogen (secondary N) is 1. The van der Waals surface area contributed by atoms with Gasteiger partial charge in [0.15, 0.2) is 6.10 Å². The van der Waals surface area contributed by atoms with Gasteiger partial charge in [0.25, 0.3) is 5.91 Å². The number of alkyl halides is 3. The van der Waals surface area contributed by atoms with Gasteiger partial charge in [0.1, 0.15) is 0 Å². The molecule has 1 aromatic heterocycles. The Labute approximate surface area is 145 Å². The lowest BCUT2D eigenvalue weighted by molar-refractivity contribution is -0.137. The molecule has 1 atom stereocenters. The number of hydrogen-bond donors (Lipinski definition) is 1. The van der Waals surface area contributed by atoms with Crippen LogP contribution in [0.3, 0.4) is 0 Å². The highest BCUT2D eigenvalue weighted by atomic mass is 35.5. The summed E-state index contributed by atoms with van der Waals surface area (Å²) in [6.45, 7) is 1.28. The second kappa shape index (κ2) is 7.52. The summed E-state index contributed by atoms with van der Waals surface area (Å²) in [7, 11) is 0. The average Bonchev–Trinajstić information content (AvgIpc) is 2.56. The summed E-state index contributed by atoms with van der Waals surface area (Å²) in [5.41, 5.74) is -1.06. The van der Waals surface area contributed by atoms with E-state index in [-0.39, 0.29) is 16.3 Å².